The van der Waals surface area contributed by atoms with Gasteiger partial charge in [-0.3, -0.25) is 14.4 Å². The Labute approximate surface area is 243 Å². The molecule has 0 bridgehead atoms. The molecule has 1 saturated heterocycles. The summed E-state index contributed by atoms with van der Waals surface area (Å²) in [5, 5.41) is 12.8. The molecular weight excluding hydrogens is 548 g/mol. The Morgan fingerprint density at radius 3 is 2.49 bits per heavy atom. The van der Waals surface area contributed by atoms with Gasteiger partial charge in [-0.05, 0) is 25.2 Å². The molecule has 222 valence electrons. The monoisotopic (exact) mass is 586 g/mol. The Bertz CT molecular complexity index is 1210. The number of nitrogens with one attached hydrogen (secondary N) is 1. The fourth-order valence-corrected chi connectivity index (χ4v) is 6.17. The van der Waals surface area contributed by atoms with Crippen LogP contribution in [0, 0.1) is 5.92 Å². The summed E-state index contributed by atoms with van der Waals surface area (Å²) in [6, 6.07) is 8.56. The number of carboxylic acids is 1. The van der Waals surface area contributed by atoms with E-state index in [0.717, 1.165) is 29.7 Å². The molecule has 1 aliphatic heterocycles. The minimum Gasteiger partial charge on any atom is -0.481 e. The lowest BCUT2D eigenvalue weighted by Gasteiger charge is -2.36. The molecule has 2 fully saturated rings. The van der Waals surface area contributed by atoms with Crippen LogP contribution in [0.25, 0.3) is 10.6 Å². The largest absolute Gasteiger partial charge is 0.481 e. The van der Waals surface area contributed by atoms with Crippen molar-refractivity contribution in [1.29, 1.82) is 0 Å². The van der Waals surface area contributed by atoms with Gasteiger partial charge in [-0.1, -0.05) is 43.7 Å². The minimum atomic E-state index is -1.06. The van der Waals surface area contributed by atoms with Crippen LogP contribution in [0.3, 0.4) is 0 Å². The summed E-state index contributed by atoms with van der Waals surface area (Å²) in [7, 11) is 1.65. The van der Waals surface area contributed by atoms with Crippen molar-refractivity contribution in [2.24, 2.45) is 5.92 Å². The number of aliphatic carboxylic acids is 1. The fourth-order valence-electron chi connectivity index (χ4n) is 4.89. The number of benzene rings is 1. The average Bonchev–Trinajstić information content (AvgIpc) is 3.60. The summed E-state index contributed by atoms with van der Waals surface area (Å²) in [4.78, 5) is 59.5. The number of ether oxygens (including phenoxy) is 2. The Balaban J connectivity index is 1.47. The molecule has 0 radical (unpaired) electrons. The molecule has 1 aromatic heterocycles. The molecule has 4 rings (SSSR count). The van der Waals surface area contributed by atoms with Gasteiger partial charge in [0, 0.05) is 62.7 Å². The van der Waals surface area contributed by atoms with Crippen molar-refractivity contribution in [3.8, 4) is 10.6 Å². The maximum absolute atomic E-state index is 13.6. The van der Waals surface area contributed by atoms with Crippen molar-refractivity contribution in [3.05, 3.63) is 40.9 Å². The molecular formula is C29H38N4O7S. The number of amides is 3. The zero-order valence-corrected chi connectivity index (χ0v) is 24.4. The molecule has 11 nitrogen and oxygen atoms in total. The van der Waals surface area contributed by atoms with E-state index in [1.54, 1.807) is 16.9 Å². The quantitative estimate of drug-likeness (QED) is 0.340. The lowest BCUT2D eigenvalue weighted by Crippen LogP contribution is -2.56. The number of carbonyl (C=O) groups is 4. The third-order valence-electron chi connectivity index (χ3n) is 7.35. The summed E-state index contributed by atoms with van der Waals surface area (Å²) in [5.41, 5.74) is 1.16. The highest BCUT2D eigenvalue weighted by molar-refractivity contribution is 7.15. The highest BCUT2D eigenvalue weighted by atomic mass is 32.1. The molecule has 1 saturated carbocycles. The lowest BCUT2D eigenvalue weighted by molar-refractivity contribution is -0.138. The van der Waals surface area contributed by atoms with E-state index in [-0.39, 0.29) is 43.5 Å². The van der Waals surface area contributed by atoms with E-state index >= 15 is 0 Å². The molecule has 3 amide bonds. The van der Waals surface area contributed by atoms with E-state index in [2.05, 4.69) is 10.3 Å². The van der Waals surface area contributed by atoms with Crippen molar-refractivity contribution in [2.75, 3.05) is 46.5 Å². The summed E-state index contributed by atoms with van der Waals surface area (Å²) in [6.07, 6.45) is 1.85. The van der Waals surface area contributed by atoms with E-state index in [1.807, 2.05) is 37.3 Å². The number of hydrogen-bond donors (Lipinski definition) is 2. The summed E-state index contributed by atoms with van der Waals surface area (Å²) >= 11 is 1.47. The Kier molecular flexibility index (Phi) is 10.7. The first-order chi connectivity index (χ1) is 19.8. The third kappa shape index (κ3) is 8.04. The second kappa shape index (κ2) is 14.4. The number of aromatic nitrogens is 1. The first kappa shape index (κ1) is 30.4. The highest BCUT2D eigenvalue weighted by Crippen LogP contribution is 2.51. The van der Waals surface area contributed by atoms with Gasteiger partial charge >= 0.3 is 12.1 Å². The van der Waals surface area contributed by atoms with Gasteiger partial charge in [0.25, 0.3) is 5.91 Å². The van der Waals surface area contributed by atoms with E-state index in [4.69, 9.17) is 9.47 Å². The van der Waals surface area contributed by atoms with Crippen LogP contribution in [0.4, 0.5) is 4.79 Å². The second-order valence-corrected chi connectivity index (χ2v) is 11.4. The highest BCUT2D eigenvalue weighted by Gasteiger charge is 2.43. The fraction of sp³-hybridized carbons (Fsp3) is 0.552. The van der Waals surface area contributed by atoms with E-state index in [1.165, 1.54) is 11.3 Å². The molecule has 1 aliphatic carbocycles. The topological polar surface area (TPSA) is 138 Å². The number of piperazine rings is 1. The maximum atomic E-state index is 13.6. The number of carbonyl (C=O) groups excluding carboxylic acids is 3. The van der Waals surface area contributed by atoms with Crippen LogP contribution in [0.15, 0.2) is 30.3 Å². The molecule has 1 aromatic carbocycles. The Morgan fingerprint density at radius 1 is 1.12 bits per heavy atom. The molecule has 41 heavy (non-hydrogen) atoms. The van der Waals surface area contributed by atoms with E-state index in [0.29, 0.717) is 37.2 Å². The van der Waals surface area contributed by atoms with Gasteiger partial charge in [-0.25, -0.2) is 9.78 Å². The van der Waals surface area contributed by atoms with Gasteiger partial charge in [0.15, 0.2) is 0 Å². The predicted molar refractivity (Wildman–Crippen MR) is 153 cm³/mol. The minimum absolute atomic E-state index is 0.0556. The molecule has 0 spiro atoms. The smallest absolute Gasteiger partial charge is 0.409 e. The number of carboxylic acid groups (broad SMARTS) is 1. The lowest BCUT2D eigenvalue weighted by atomic mass is 10.1. The van der Waals surface area contributed by atoms with Gasteiger partial charge < -0.3 is 29.7 Å². The Hall–Kier alpha value is -3.51. The van der Waals surface area contributed by atoms with Crippen molar-refractivity contribution in [2.45, 2.75) is 51.0 Å². The van der Waals surface area contributed by atoms with Crippen LogP contribution in [-0.2, 0) is 19.1 Å². The number of nitrogens with zero attached hydrogens (tertiary/aromatic N) is 3. The van der Waals surface area contributed by atoms with Crippen molar-refractivity contribution >= 4 is 35.2 Å². The van der Waals surface area contributed by atoms with Crippen LogP contribution in [0.2, 0.25) is 0 Å². The first-order valence-electron chi connectivity index (χ1n) is 14.1. The molecule has 2 aromatic rings. The van der Waals surface area contributed by atoms with E-state index in [9.17, 15) is 24.3 Å². The van der Waals surface area contributed by atoms with Crippen LogP contribution in [0.1, 0.15) is 60.3 Å². The molecule has 0 unspecified atom stereocenters. The SMILES string of the molecule is CCCCOC(=O)N1CCN(C(=O)[C@H](CCC(=O)O)NC(=O)c2nc(-c3ccccc3)sc2[C@H]2C[C@@H]2COC)CC1. The van der Waals surface area contributed by atoms with Gasteiger partial charge in [0.05, 0.1) is 6.61 Å². The number of rotatable bonds is 13. The van der Waals surface area contributed by atoms with Crippen LogP contribution >= 0.6 is 11.3 Å². The third-order valence-corrected chi connectivity index (χ3v) is 8.59. The van der Waals surface area contributed by atoms with Crippen LogP contribution in [-0.4, -0.2) is 96.3 Å². The normalized spacial score (nSPS) is 19.0. The molecule has 2 N–H and O–H groups in total. The first-order valence-corrected chi connectivity index (χ1v) is 14.9. The number of hydrogen-bond acceptors (Lipinski definition) is 8. The molecule has 12 heteroatoms. The molecule has 2 aliphatic rings. The predicted octanol–water partition coefficient (Wildman–Crippen LogP) is 3.60. The average molecular weight is 587 g/mol. The van der Waals surface area contributed by atoms with Crippen molar-refractivity contribution in [1.82, 2.24) is 20.1 Å². The molecule has 2 heterocycles. The maximum Gasteiger partial charge on any atom is 0.409 e. The zero-order valence-electron chi connectivity index (χ0n) is 23.5. The summed E-state index contributed by atoms with van der Waals surface area (Å²) in [5.74, 6) is -1.49. The van der Waals surface area contributed by atoms with Gasteiger partial charge in [-0.15, -0.1) is 11.3 Å². The summed E-state index contributed by atoms with van der Waals surface area (Å²) < 4.78 is 10.6. The number of thiazole rings is 1. The van der Waals surface area contributed by atoms with E-state index < -0.39 is 24.0 Å². The Morgan fingerprint density at radius 2 is 1.83 bits per heavy atom. The van der Waals surface area contributed by atoms with Gasteiger partial charge in [0.2, 0.25) is 5.91 Å². The van der Waals surface area contributed by atoms with Crippen molar-refractivity contribution in [3.63, 3.8) is 0 Å². The van der Waals surface area contributed by atoms with Crippen molar-refractivity contribution < 1.29 is 33.8 Å². The van der Waals surface area contributed by atoms with Crippen LogP contribution in [0.5, 0.6) is 0 Å². The number of unbranched alkanes of at least 4 members (excludes halogenated alkanes) is 1. The summed E-state index contributed by atoms with van der Waals surface area (Å²) in [6.45, 7) is 4.09. The van der Waals surface area contributed by atoms with Gasteiger partial charge in [-0.2, -0.15) is 0 Å². The second-order valence-electron chi connectivity index (χ2n) is 10.4. The van der Waals surface area contributed by atoms with Crippen LogP contribution < -0.4 is 5.32 Å². The van der Waals surface area contributed by atoms with Gasteiger partial charge in [0.1, 0.15) is 16.7 Å². The standard InChI is InChI=1S/C29H38N4O7S/c1-3-4-16-40-29(38)33-14-12-32(13-15-33)28(37)22(10-11-23(34)35)30-26(36)24-25(21-17-20(21)18-39-2)41-27(31-24)19-8-6-5-7-9-19/h5-9,20-22H,3-4,10-18H2,1-2H3,(H,30,36)(H,34,35)/t20-,21+,22+/m1/s1. The zero-order chi connectivity index (χ0) is 29.4. The molecule has 3 atom stereocenters. The number of methoxy groups -OCH3 is 1.